The molecule has 1 heterocycles. The number of aromatic nitrogens is 1. The van der Waals surface area contributed by atoms with Crippen molar-refractivity contribution in [2.75, 3.05) is 5.32 Å². The number of aryl methyl sites for hydroxylation is 2. The van der Waals surface area contributed by atoms with E-state index in [1.165, 1.54) is 6.92 Å². The molecule has 0 saturated heterocycles. The van der Waals surface area contributed by atoms with Crippen LogP contribution in [0.5, 0.6) is 0 Å². The summed E-state index contributed by atoms with van der Waals surface area (Å²) in [6.07, 6.45) is 0.0255. The lowest BCUT2D eigenvalue weighted by Crippen LogP contribution is -2.42. The van der Waals surface area contributed by atoms with Crippen molar-refractivity contribution in [3.05, 3.63) is 105 Å². The minimum atomic E-state index is -1.92. The van der Waals surface area contributed by atoms with Gasteiger partial charge in [-0.05, 0) is 50.1 Å². The van der Waals surface area contributed by atoms with Crippen molar-refractivity contribution < 1.29 is 19.2 Å². The van der Waals surface area contributed by atoms with Crippen LogP contribution in [-0.4, -0.2) is 22.0 Å². The van der Waals surface area contributed by atoms with Gasteiger partial charge in [0.15, 0.2) is 11.4 Å². The van der Waals surface area contributed by atoms with E-state index >= 15 is 0 Å². The maximum absolute atomic E-state index is 13.5. The first-order chi connectivity index (χ1) is 16.2. The maximum Gasteiger partial charge on any atom is 0.366 e. The Morgan fingerprint density at radius 2 is 1.74 bits per heavy atom. The molecule has 4 aromatic rings. The zero-order valence-corrected chi connectivity index (χ0v) is 19.1. The van der Waals surface area contributed by atoms with E-state index in [9.17, 15) is 19.5 Å². The van der Waals surface area contributed by atoms with E-state index < -0.39 is 17.1 Å². The predicted octanol–water partition coefficient (Wildman–Crippen LogP) is 4.08. The van der Waals surface area contributed by atoms with Crippen LogP contribution >= 0.6 is 0 Å². The van der Waals surface area contributed by atoms with Gasteiger partial charge in [-0.15, -0.1) is 0 Å². The SMILES string of the molecule is CC(=O)c1ccc(C(O)(Cc2cccc(C)c2)C(=O)Nc2ccc3c(=O)onc(C)c3c2)cc1. The van der Waals surface area contributed by atoms with Crippen LogP contribution in [0.4, 0.5) is 5.69 Å². The molecule has 0 spiro atoms. The highest BCUT2D eigenvalue weighted by Crippen LogP contribution is 2.29. The maximum atomic E-state index is 13.5. The molecule has 0 saturated carbocycles. The van der Waals surface area contributed by atoms with Gasteiger partial charge in [-0.25, -0.2) is 4.79 Å². The fourth-order valence-corrected chi connectivity index (χ4v) is 3.95. The second kappa shape index (κ2) is 9.03. The number of hydrogen-bond donors (Lipinski definition) is 2. The fraction of sp³-hybridized carbons (Fsp3) is 0.185. The normalized spacial score (nSPS) is 12.8. The van der Waals surface area contributed by atoms with Gasteiger partial charge in [0.2, 0.25) is 0 Å². The molecule has 1 atom stereocenters. The fourth-order valence-electron chi connectivity index (χ4n) is 3.95. The standard InChI is InChI=1S/C27H24N2O5/c1-16-5-4-6-19(13-16)15-27(33,21-9-7-20(8-10-21)18(3)30)26(32)28-22-11-12-23-24(14-22)17(2)29-34-25(23)31/h4-14,33H,15H2,1-3H3,(H,28,32). The summed E-state index contributed by atoms with van der Waals surface area (Å²) < 4.78 is 4.75. The van der Waals surface area contributed by atoms with E-state index in [1.54, 1.807) is 49.4 Å². The Kier molecular flexibility index (Phi) is 6.13. The van der Waals surface area contributed by atoms with Crippen molar-refractivity contribution in [2.45, 2.75) is 32.8 Å². The topological polar surface area (TPSA) is 110 Å². The second-order valence-electron chi connectivity index (χ2n) is 8.43. The number of carbonyl (C=O) groups excluding carboxylic acids is 2. The number of anilines is 1. The highest BCUT2D eigenvalue weighted by Gasteiger charge is 2.38. The highest BCUT2D eigenvalue weighted by molar-refractivity contribution is 6.00. The molecule has 3 aromatic carbocycles. The van der Waals surface area contributed by atoms with Crippen molar-refractivity contribution in [3.63, 3.8) is 0 Å². The summed E-state index contributed by atoms with van der Waals surface area (Å²) >= 11 is 0. The van der Waals surface area contributed by atoms with Gasteiger partial charge in [0, 0.05) is 23.1 Å². The van der Waals surface area contributed by atoms with Crippen molar-refractivity contribution in [1.82, 2.24) is 5.16 Å². The minimum Gasteiger partial charge on any atom is -0.375 e. The van der Waals surface area contributed by atoms with E-state index in [0.717, 1.165) is 11.1 Å². The third kappa shape index (κ3) is 4.51. The number of carbonyl (C=O) groups is 2. The molecular weight excluding hydrogens is 432 g/mol. The van der Waals surface area contributed by atoms with Crippen LogP contribution in [0.25, 0.3) is 10.8 Å². The van der Waals surface area contributed by atoms with Gasteiger partial charge >= 0.3 is 5.63 Å². The summed E-state index contributed by atoms with van der Waals surface area (Å²) in [7, 11) is 0. The van der Waals surface area contributed by atoms with E-state index in [4.69, 9.17) is 4.52 Å². The van der Waals surface area contributed by atoms with Crippen LogP contribution in [0, 0.1) is 13.8 Å². The molecular formula is C27H24N2O5. The number of fused-ring (bicyclic) bond motifs is 1. The van der Waals surface area contributed by atoms with Crippen LogP contribution in [0.15, 0.2) is 76.0 Å². The number of hydrogen-bond acceptors (Lipinski definition) is 6. The number of rotatable bonds is 6. The van der Waals surface area contributed by atoms with E-state index in [0.29, 0.717) is 33.3 Å². The predicted molar refractivity (Wildman–Crippen MR) is 129 cm³/mol. The summed E-state index contributed by atoms with van der Waals surface area (Å²) in [6, 6.07) is 18.7. The Labute approximate surface area is 196 Å². The molecule has 172 valence electrons. The Balaban J connectivity index is 1.74. The van der Waals surface area contributed by atoms with Gasteiger partial charge in [-0.1, -0.05) is 59.3 Å². The van der Waals surface area contributed by atoms with Crippen LogP contribution in [0.2, 0.25) is 0 Å². The monoisotopic (exact) mass is 456 g/mol. The second-order valence-corrected chi connectivity index (χ2v) is 8.43. The molecule has 7 heteroatoms. The third-order valence-corrected chi connectivity index (χ3v) is 5.84. The van der Waals surface area contributed by atoms with Crippen LogP contribution in [-0.2, 0) is 16.8 Å². The Morgan fingerprint density at radius 3 is 2.41 bits per heavy atom. The molecule has 7 nitrogen and oxygen atoms in total. The number of amides is 1. The van der Waals surface area contributed by atoms with Crippen LogP contribution < -0.4 is 10.9 Å². The Hall–Kier alpha value is -4.10. The number of benzene rings is 3. The molecule has 1 amide bonds. The van der Waals surface area contributed by atoms with Crippen molar-refractivity contribution in [2.24, 2.45) is 0 Å². The van der Waals surface area contributed by atoms with Gasteiger partial charge in [0.25, 0.3) is 5.91 Å². The number of ketones is 1. The molecule has 0 fully saturated rings. The van der Waals surface area contributed by atoms with Crippen molar-refractivity contribution in [3.8, 4) is 0 Å². The number of nitrogens with zero attached hydrogens (tertiary/aromatic N) is 1. The van der Waals surface area contributed by atoms with Crippen molar-refractivity contribution >= 4 is 28.2 Å². The van der Waals surface area contributed by atoms with E-state index in [-0.39, 0.29) is 12.2 Å². The van der Waals surface area contributed by atoms with Gasteiger partial charge in [0.05, 0.1) is 11.1 Å². The Morgan fingerprint density at radius 1 is 1.00 bits per heavy atom. The van der Waals surface area contributed by atoms with Gasteiger partial charge in [-0.3, -0.25) is 9.59 Å². The minimum absolute atomic E-state index is 0.0255. The van der Waals surface area contributed by atoms with Gasteiger partial charge < -0.3 is 14.9 Å². The lowest BCUT2D eigenvalue weighted by molar-refractivity contribution is -0.135. The average molecular weight is 456 g/mol. The van der Waals surface area contributed by atoms with Gasteiger partial charge in [-0.2, -0.15) is 0 Å². The summed E-state index contributed by atoms with van der Waals surface area (Å²) in [5, 5.41) is 19.1. The Bertz CT molecular complexity index is 1460. The number of nitrogens with one attached hydrogen (secondary N) is 1. The van der Waals surface area contributed by atoms with Crippen LogP contribution in [0.3, 0.4) is 0 Å². The number of aliphatic hydroxyl groups is 1. The van der Waals surface area contributed by atoms with Gasteiger partial charge in [0.1, 0.15) is 0 Å². The van der Waals surface area contributed by atoms with E-state index in [2.05, 4.69) is 10.5 Å². The molecule has 2 N–H and O–H groups in total. The highest BCUT2D eigenvalue weighted by atomic mass is 16.5. The van der Waals surface area contributed by atoms with Crippen molar-refractivity contribution in [1.29, 1.82) is 0 Å². The molecule has 0 aliphatic rings. The number of Topliss-reactive ketones (excluding diaryl/α,β-unsaturated/α-hetero) is 1. The lowest BCUT2D eigenvalue weighted by atomic mass is 9.85. The molecule has 0 bridgehead atoms. The summed E-state index contributed by atoms with van der Waals surface area (Å²) in [6.45, 7) is 5.09. The summed E-state index contributed by atoms with van der Waals surface area (Å²) in [5.74, 6) is -0.750. The zero-order chi connectivity index (χ0) is 24.5. The smallest absolute Gasteiger partial charge is 0.366 e. The third-order valence-electron chi connectivity index (χ3n) is 5.84. The zero-order valence-electron chi connectivity index (χ0n) is 19.1. The molecule has 1 unspecified atom stereocenters. The largest absolute Gasteiger partial charge is 0.375 e. The molecule has 34 heavy (non-hydrogen) atoms. The quantitative estimate of drug-likeness (QED) is 0.423. The first-order valence-electron chi connectivity index (χ1n) is 10.8. The first-order valence-corrected chi connectivity index (χ1v) is 10.8. The average Bonchev–Trinajstić information content (AvgIpc) is 2.81. The summed E-state index contributed by atoms with van der Waals surface area (Å²) in [4.78, 5) is 37.1. The van der Waals surface area contributed by atoms with E-state index in [1.807, 2.05) is 31.2 Å². The first kappa shape index (κ1) is 23.1. The molecule has 1 aromatic heterocycles. The lowest BCUT2D eigenvalue weighted by Gasteiger charge is -2.28. The summed E-state index contributed by atoms with van der Waals surface area (Å²) in [5.41, 5.74) is 1.04. The molecule has 0 radical (unpaired) electrons. The molecule has 0 aliphatic carbocycles. The van der Waals surface area contributed by atoms with Crippen LogP contribution in [0.1, 0.15) is 39.7 Å². The molecule has 4 rings (SSSR count). The molecule has 0 aliphatic heterocycles.